The summed E-state index contributed by atoms with van der Waals surface area (Å²) >= 11 is 0. The van der Waals surface area contributed by atoms with Gasteiger partial charge in [-0.05, 0) is 25.6 Å². The number of likely N-dealkylation sites (tertiary alicyclic amines) is 1. The van der Waals surface area contributed by atoms with E-state index in [9.17, 15) is 14.4 Å². The summed E-state index contributed by atoms with van der Waals surface area (Å²) in [6, 6.07) is 8.28. The Balaban J connectivity index is 1.71. The molecule has 1 heterocycles. The smallest absolute Gasteiger partial charge is 0.320 e. The summed E-state index contributed by atoms with van der Waals surface area (Å²) in [5.41, 5.74) is 0.694. The molecule has 1 aliphatic heterocycles. The molecule has 0 radical (unpaired) electrons. The summed E-state index contributed by atoms with van der Waals surface area (Å²) in [5.74, 6) is -1.34. The second-order valence-corrected chi connectivity index (χ2v) is 5.71. The SMILES string of the molecule is CN1C[C@@H](NC(=O)CCC(=O)Nc2ccccc2)C[C@H]1C(=O)O. The van der Waals surface area contributed by atoms with Gasteiger partial charge in [0.25, 0.3) is 0 Å². The highest BCUT2D eigenvalue weighted by atomic mass is 16.4. The molecule has 0 unspecified atom stereocenters. The lowest BCUT2D eigenvalue weighted by molar-refractivity contribution is -0.141. The molecule has 0 saturated carbocycles. The van der Waals surface area contributed by atoms with Gasteiger partial charge in [0.2, 0.25) is 11.8 Å². The Labute approximate surface area is 134 Å². The van der Waals surface area contributed by atoms with E-state index in [2.05, 4.69) is 10.6 Å². The van der Waals surface area contributed by atoms with E-state index in [0.29, 0.717) is 18.7 Å². The number of hydrogen-bond donors (Lipinski definition) is 3. The first-order valence-corrected chi connectivity index (χ1v) is 7.53. The number of carboxylic acids is 1. The van der Waals surface area contributed by atoms with E-state index in [1.165, 1.54) is 0 Å². The molecule has 1 fully saturated rings. The lowest BCUT2D eigenvalue weighted by Crippen LogP contribution is -2.36. The molecule has 7 heteroatoms. The van der Waals surface area contributed by atoms with Crippen LogP contribution >= 0.6 is 0 Å². The van der Waals surface area contributed by atoms with E-state index in [1.54, 1.807) is 24.1 Å². The molecule has 2 atom stereocenters. The first-order valence-electron chi connectivity index (χ1n) is 7.53. The third-order valence-electron chi connectivity index (χ3n) is 3.84. The molecule has 1 saturated heterocycles. The molecule has 0 bridgehead atoms. The number of nitrogens with zero attached hydrogens (tertiary/aromatic N) is 1. The summed E-state index contributed by atoms with van der Waals surface area (Å²) in [4.78, 5) is 36.4. The molecular weight excluding hydrogens is 298 g/mol. The quantitative estimate of drug-likeness (QED) is 0.716. The highest BCUT2D eigenvalue weighted by molar-refractivity contribution is 5.93. The van der Waals surface area contributed by atoms with Gasteiger partial charge in [0, 0.05) is 31.1 Å². The first kappa shape index (κ1) is 17.0. The van der Waals surface area contributed by atoms with E-state index in [4.69, 9.17) is 5.11 Å². The zero-order valence-electron chi connectivity index (χ0n) is 13.0. The van der Waals surface area contributed by atoms with E-state index >= 15 is 0 Å². The average Bonchev–Trinajstić information content (AvgIpc) is 2.87. The number of aliphatic carboxylic acids is 1. The Hall–Kier alpha value is -2.41. The van der Waals surface area contributed by atoms with Gasteiger partial charge in [0.15, 0.2) is 0 Å². The number of hydrogen-bond acceptors (Lipinski definition) is 4. The number of carboxylic acid groups (broad SMARTS) is 1. The van der Waals surface area contributed by atoms with Gasteiger partial charge in [-0.15, -0.1) is 0 Å². The summed E-state index contributed by atoms with van der Waals surface area (Å²) in [6.45, 7) is 0.499. The van der Waals surface area contributed by atoms with Gasteiger partial charge in [-0.25, -0.2) is 0 Å². The van der Waals surface area contributed by atoms with Crippen molar-refractivity contribution in [3.05, 3.63) is 30.3 Å². The van der Waals surface area contributed by atoms with Crippen molar-refractivity contribution in [2.75, 3.05) is 18.9 Å². The van der Waals surface area contributed by atoms with Crippen molar-refractivity contribution in [2.24, 2.45) is 0 Å². The Morgan fingerprint density at radius 1 is 1.17 bits per heavy atom. The average molecular weight is 319 g/mol. The van der Waals surface area contributed by atoms with Gasteiger partial charge in [-0.1, -0.05) is 18.2 Å². The zero-order valence-corrected chi connectivity index (χ0v) is 13.0. The predicted octanol–water partition coefficient (Wildman–Crippen LogP) is 0.679. The highest BCUT2D eigenvalue weighted by Crippen LogP contribution is 2.16. The number of carbonyl (C=O) groups is 3. The Morgan fingerprint density at radius 3 is 2.43 bits per heavy atom. The number of carbonyl (C=O) groups excluding carboxylic acids is 2. The van der Waals surface area contributed by atoms with E-state index in [1.807, 2.05) is 18.2 Å². The molecule has 3 N–H and O–H groups in total. The van der Waals surface area contributed by atoms with Gasteiger partial charge < -0.3 is 15.7 Å². The Bertz CT molecular complexity index is 576. The largest absolute Gasteiger partial charge is 0.480 e. The monoisotopic (exact) mass is 319 g/mol. The normalized spacial score (nSPS) is 20.9. The number of para-hydroxylation sites is 1. The highest BCUT2D eigenvalue weighted by Gasteiger charge is 2.34. The second-order valence-electron chi connectivity index (χ2n) is 5.71. The number of benzene rings is 1. The molecule has 0 aromatic heterocycles. The van der Waals surface area contributed by atoms with Crippen LogP contribution in [-0.4, -0.2) is 53.5 Å². The second kappa shape index (κ2) is 7.73. The fourth-order valence-corrected chi connectivity index (χ4v) is 2.66. The van der Waals surface area contributed by atoms with Crippen LogP contribution in [0.15, 0.2) is 30.3 Å². The number of anilines is 1. The Morgan fingerprint density at radius 2 is 1.83 bits per heavy atom. The Kier molecular flexibility index (Phi) is 5.70. The fourth-order valence-electron chi connectivity index (χ4n) is 2.66. The van der Waals surface area contributed by atoms with Crippen LogP contribution in [0, 0.1) is 0 Å². The molecule has 7 nitrogen and oxygen atoms in total. The molecule has 2 amide bonds. The van der Waals surface area contributed by atoms with Crippen molar-refractivity contribution in [1.29, 1.82) is 0 Å². The van der Waals surface area contributed by atoms with Crippen molar-refractivity contribution in [2.45, 2.75) is 31.3 Å². The van der Waals surface area contributed by atoms with Crippen molar-refractivity contribution < 1.29 is 19.5 Å². The minimum Gasteiger partial charge on any atom is -0.480 e. The molecule has 1 aromatic carbocycles. The minimum atomic E-state index is -0.883. The summed E-state index contributed by atoms with van der Waals surface area (Å²) in [7, 11) is 1.72. The minimum absolute atomic E-state index is 0.0800. The maximum Gasteiger partial charge on any atom is 0.320 e. The van der Waals surface area contributed by atoms with Crippen molar-refractivity contribution in [3.63, 3.8) is 0 Å². The molecule has 124 valence electrons. The van der Waals surface area contributed by atoms with Gasteiger partial charge in [0.05, 0.1) is 0 Å². The lowest BCUT2D eigenvalue weighted by atomic mass is 10.1. The summed E-state index contributed by atoms with van der Waals surface area (Å²) < 4.78 is 0. The molecule has 23 heavy (non-hydrogen) atoms. The number of nitrogens with one attached hydrogen (secondary N) is 2. The van der Waals surface area contributed by atoms with E-state index < -0.39 is 12.0 Å². The summed E-state index contributed by atoms with van der Waals surface area (Å²) in [5, 5.41) is 14.5. The van der Waals surface area contributed by atoms with Crippen LogP contribution < -0.4 is 10.6 Å². The molecule has 2 rings (SSSR count). The maximum absolute atomic E-state index is 11.9. The molecule has 1 aliphatic rings. The zero-order chi connectivity index (χ0) is 16.8. The number of rotatable bonds is 6. The van der Waals surface area contributed by atoms with Crippen LogP contribution in [-0.2, 0) is 14.4 Å². The van der Waals surface area contributed by atoms with Crippen molar-refractivity contribution in [1.82, 2.24) is 10.2 Å². The fraction of sp³-hybridized carbons (Fsp3) is 0.438. The van der Waals surface area contributed by atoms with E-state index in [0.717, 1.165) is 0 Å². The van der Waals surface area contributed by atoms with Crippen molar-refractivity contribution >= 4 is 23.5 Å². The summed E-state index contributed by atoms with van der Waals surface area (Å²) in [6.07, 6.45) is 0.552. The molecule has 0 spiro atoms. The van der Waals surface area contributed by atoms with Gasteiger partial charge in [-0.2, -0.15) is 0 Å². The topological polar surface area (TPSA) is 98.7 Å². The van der Waals surface area contributed by atoms with Crippen LogP contribution in [0.1, 0.15) is 19.3 Å². The molecule has 1 aromatic rings. The number of likely N-dealkylation sites (N-methyl/N-ethyl adjacent to an activating group) is 1. The standard InChI is InChI=1S/C16H21N3O4/c1-19-10-12(9-13(19)16(22)23)18-15(21)8-7-14(20)17-11-5-3-2-4-6-11/h2-6,12-13H,7-10H2,1H3,(H,17,20)(H,18,21)(H,22,23)/t12-,13-/m0/s1. The van der Waals surface area contributed by atoms with Gasteiger partial charge in [0.1, 0.15) is 6.04 Å². The number of amides is 2. The van der Waals surface area contributed by atoms with E-state index in [-0.39, 0.29) is 30.7 Å². The van der Waals surface area contributed by atoms with Gasteiger partial charge >= 0.3 is 5.97 Å². The van der Waals surface area contributed by atoms with Crippen LogP contribution in [0.4, 0.5) is 5.69 Å². The van der Waals surface area contributed by atoms with Crippen LogP contribution in [0.25, 0.3) is 0 Å². The first-order chi connectivity index (χ1) is 11.0. The molecule has 0 aliphatic carbocycles. The third kappa shape index (κ3) is 5.07. The van der Waals surface area contributed by atoms with Crippen molar-refractivity contribution in [3.8, 4) is 0 Å². The van der Waals surface area contributed by atoms with Crippen LogP contribution in [0.3, 0.4) is 0 Å². The lowest BCUT2D eigenvalue weighted by Gasteiger charge is -2.13. The van der Waals surface area contributed by atoms with Gasteiger partial charge in [-0.3, -0.25) is 19.3 Å². The predicted molar refractivity (Wildman–Crippen MR) is 84.9 cm³/mol. The van der Waals surface area contributed by atoms with Crippen LogP contribution in [0.5, 0.6) is 0 Å². The third-order valence-corrected chi connectivity index (χ3v) is 3.84. The van der Waals surface area contributed by atoms with Crippen LogP contribution in [0.2, 0.25) is 0 Å². The maximum atomic E-state index is 11.9. The molecular formula is C16H21N3O4.